The van der Waals surface area contributed by atoms with Gasteiger partial charge in [-0.2, -0.15) is 0 Å². The van der Waals surface area contributed by atoms with Gasteiger partial charge in [-0.25, -0.2) is 9.78 Å². The van der Waals surface area contributed by atoms with Crippen LogP contribution in [0.5, 0.6) is 0 Å². The molecule has 1 aromatic rings. The number of carbonyl (C=O) groups is 2. The quantitative estimate of drug-likeness (QED) is 0.468. The van der Waals surface area contributed by atoms with Gasteiger partial charge >= 0.3 is 5.97 Å². The van der Waals surface area contributed by atoms with Gasteiger partial charge in [0.2, 0.25) is 12.1 Å². The summed E-state index contributed by atoms with van der Waals surface area (Å²) in [6.07, 6.45) is 5.00. The van der Waals surface area contributed by atoms with Crippen LogP contribution in [0.25, 0.3) is 0 Å². The van der Waals surface area contributed by atoms with Gasteiger partial charge in [-0.1, -0.05) is 5.16 Å². The van der Waals surface area contributed by atoms with Crippen LogP contribution in [0.4, 0.5) is 5.13 Å². The summed E-state index contributed by atoms with van der Waals surface area (Å²) in [5, 5.41) is 16.9. The number of hydrogen-bond acceptors (Lipinski definition) is 6. The molecule has 0 saturated heterocycles. The largest absolute Gasteiger partial charge is 0.476 e. The highest BCUT2D eigenvalue weighted by atomic mass is 32.1. The molecular weight excluding hydrogens is 270 g/mol. The van der Waals surface area contributed by atoms with E-state index in [2.05, 4.69) is 15.5 Å². The maximum Gasteiger partial charge on any atom is 0.360 e. The lowest BCUT2D eigenvalue weighted by molar-refractivity contribution is -0.129. The first-order valence-electron chi connectivity index (χ1n) is 5.54. The lowest BCUT2D eigenvalue weighted by Crippen LogP contribution is -2.15. The summed E-state index contributed by atoms with van der Waals surface area (Å²) in [5.74, 6) is -0.568. The first kappa shape index (κ1) is 13.2. The summed E-state index contributed by atoms with van der Waals surface area (Å²) < 4.78 is 0. The number of carboxylic acids is 1. The van der Waals surface area contributed by atoms with Crippen LogP contribution in [0.2, 0.25) is 0 Å². The maximum absolute atomic E-state index is 11.1. The number of hydrogen-bond donors (Lipinski definition) is 2. The predicted molar refractivity (Wildman–Crippen MR) is 69.0 cm³/mol. The lowest BCUT2D eigenvalue weighted by atomic mass is 10.3. The molecule has 0 atom stereocenters. The highest BCUT2D eigenvalue weighted by Crippen LogP contribution is 2.20. The number of allylic oxidation sites excluding steroid dienone is 2. The van der Waals surface area contributed by atoms with Gasteiger partial charge < -0.3 is 15.3 Å². The van der Waals surface area contributed by atoms with E-state index < -0.39 is 5.97 Å². The highest BCUT2D eigenvalue weighted by Gasteiger charge is 2.18. The van der Waals surface area contributed by atoms with E-state index in [1.54, 1.807) is 0 Å². The molecule has 100 valence electrons. The topological polar surface area (TPSA) is 101 Å². The molecule has 2 rings (SSSR count). The molecule has 1 aliphatic carbocycles. The fourth-order valence-electron chi connectivity index (χ4n) is 1.52. The second-order valence-electron chi connectivity index (χ2n) is 3.70. The Morgan fingerprint density at radius 2 is 2.47 bits per heavy atom. The van der Waals surface area contributed by atoms with Gasteiger partial charge in [0.25, 0.3) is 0 Å². The predicted octanol–water partition coefficient (Wildman–Crippen LogP) is 1.58. The third kappa shape index (κ3) is 3.38. The normalized spacial score (nSPS) is 14.9. The van der Waals surface area contributed by atoms with Crippen LogP contribution in [-0.4, -0.2) is 28.2 Å². The Morgan fingerprint density at radius 3 is 3.11 bits per heavy atom. The van der Waals surface area contributed by atoms with Crippen LogP contribution in [-0.2, 0) is 14.4 Å². The minimum Gasteiger partial charge on any atom is -0.476 e. The minimum atomic E-state index is -1.23. The molecule has 1 aliphatic rings. The van der Waals surface area contributed by atoms with E-state index in [1.165, 1.54) is 5.38 Å². The van der Waals surface area contributed by atoms with Crippen molar-refractivity contribution in [2.75, 3.05) is 5.32 Å². The highest BCUT2D eigenvalue weighted by molar-refractivity contribution is 7.14. The van der Waals surface area contributed by atoms with Crippen molar-refractivity contribution in [2.45, 2.75) is 19.3 Å². The number of thiazole rings is 1. The molecule has 0 unspecified atom stereocenters. The molecule has 0 aliphatic heterocycles. The second kappa shape index (κ2) is 6.10. The van der Waals surface area contributed by atoms with E-state index in [4.69, 9.17) is 9.94 Å². The molecule has 0 bridgehead atoms. The lowest BCUT2D eigenvalue weighted by Gasteiger charge is -2.00. The summed E-state index contributed by atoms with van der Waals surface area (Å²) >= 11 is 1.11. The van der Waals surface area contributed by atoms with Crippen molar-refractivity contribution in [2.24, 2.45) is 5.16 Å². The van der Waals surface area contributed by atoms with E-state index in [0.29, 0.717) is 17.3 Å². The van der Waals surface area contributed by atoms with Gasteiger partial charge in [-0.3, -0.25) is 4.79 Å². The number of anilines is 1. The Hall–Kier alpha value is -2.22. The number of aliphatic carboxylic acids is 1. The third-order valence-electron chi connectivity index (χ3n) is 2.39. The standard InChI is InChI=1S/C11H11N3O4S/c15-6-12-11-13-8(5-19-11)9(10(16)17)14-18-7-3-1-2-4-7/h3,5-6H,1-2,4H2,(H,16,17)(H,12,13,15). The Morgan fingerprint density at radius 1 is 1.63 bits per heavy atom. The first-order chi connectivity index (χ1) is 9.20. The summed E-state index contributed by atoms with van der Waals surface area (Å²) in [6.45, 7) is 0. The summed E-state index contributed by atoms with van der Waals surface area (Å²) in [7, 11) is 0. The number of nitrogens with one attached hydrogen (secondary N) is 1. The molecule has 8 heteroatoms. The molecule has 1 heterocycles. The van der Waals surface area contributed by atoms with Crippen LogP contribution in [0.15, 0.2) is 22.4 Å². The first-order valence-corrected chi connectivity index (χ1v) is 6.42. The molecule has 0 spiro atoms. The number of rotatable bonds is 6. The molecule has 0 saturated carbocycles. The molecule has 0 radical (unpaired) electrons. The smallest absolute Gasteiger partial charge is 0.360 e. The van der Waals surface area contributed by atoms with Crippen LogP contribution < -0.4 is 5.32 Å². The SMILES string of the molecule is O=CNc1nc(C(=NOC2=CCCC2)C(=O)O)cs1. The molecule has 0 aromatic carbocycles. The number of nitrogens with zero attached hydrogens (tertiary/aromatic N) is 2. The third-order valence-corrected chi connectivity index (χ3v) is 3.16. The molecule has 0 fully saturated rings. The molecule has 19 heavy (non-hydrogen) atoms. The molecular formula is C11H11N3O4S. The van der Waals surface area contributed by atoms with Gasteiger partial charge in [-0.15, -0.1) is 11.3 Å². The van der Waals surface area contributed by atoms with Gasteiger partial charge in [0.15, 0.2) is 5.13 Å². The average molecular weight is 281 g/mol. The fourth-order valence-corrected chi connectivity index (χ4v) is 2.18. The average Bonchev–Trinajstić information content (AvgIpc) is 3.01. The van der Waals surface area contributed by atoms with Crippen LogP contribution in [0.1, 0.15) is 25.0 Å². The fraction of sp³-hybridized carbons (Fsp3) is 0.273. The Labute approximate surface area is 112 Å². The number of aromatic nitrogens is 1. The van der Waals surface area contributed by atoms with Crippen molar-refractivity contribution in [3.63, 3.8) is 0 Å². The molecule has 2 N–H and O–H groups in total. The van der Waals surface area contributed by atoms with E-state index >= 15 is 0 Å². The minimum absolute atomic E-state index is 0.153. The zero-order chi connectivity index (χ0) is 13.7. The molecule has 7 nitrogen and oxygen atoms in total. The summed E-state index contributed by atoms with van der Waals surface area (Å²) in [6, 6.07) is 0. The zero-order valence-electron chi connectivity index (χ0n) is 9.83. The van der Waals surface area contributed by atoms with Gasteiger partial charge in [0.05, 0.1) is 0 Å². The Balaban J connectivity index is 2.15. The number of carbonyl (C=O) groups excluding carboxylic acids is 1. The van der Waals surface area contributed by atoms with Gasteiger partial charge in [-0.05, 0) is 18.9 Å². The number of carboxylic acid groups (broad SMARTS) is 1. The number of oxime groups is 1. The Bertz CT molecular complexity index is 550. The summed E-state index contributed by atoms with van der Waals surface area (Å²) in [4.78, 5) is 30.4. The molecule has 1 amide bonds. The van der Waals surface area contributed by atoms with Crippen molar-refractivity contribution in [1.29, 1.82) is 0 Å². The van der Waals surface area contributed by atoms with Crippen molar-refractivity contribution in [3.05, 3.63) is 22.9 Å². The van der Waals surface area contributed by atoms with Crippen molar-refractivity contribution < 1.29 is 19.5 Å². The van der Waals surface area contributed by atoms with Crippen molar-refractivity contribution >= 4 is 34.6 Å². The van der Waals surface area contributed by atoms with Crippen molar-refractivity contribution in [1.82, 2.24) is 4.98 Å². The van der Waals surface area contributed by atoms with Crippen molar-refractivity contribution in [3.8, 4) is 0 Å². The molecule has 1 aromatic heterocycles. The summed E-state index contributed by atoms with van der Waals surface area (Å²) in [5.41, 5.74) is -0.136. The maximum atomic E-state index is 11.1. The number of amides is 1. The van der Waals surface area contributed by atoms with Crippen LogP contribution in [0.3, 0.4) is 0 Å². The monoisotopic (exact) mass is 281 g/mol. The van der Waals surface area contributed by atoms with E-state index in [-0.39, 0.29) is 11.4 Å². The van der Waals surface area contributed by atoms with E-state index in [9.17, 15) is 9.59 Å². The second-order valence-corrected chi connectivity index (χ2v) is 4.56. The van der Waals surface area contributed by atoms with E-state index in [0.717, 1.165) is 30.6 Å². The Kier molecular flexibility index (Phi) is 4.24. The van der Waals surface area contributed by atoms with Crippen LogP contribution in [0, 0.1) is 0 Å². The van der Waals surface area contributed by atoms with Crippen LogP contribution >= 0.6 is 11.3 Å². The zero-order valence-corrected chi connectivity index (χ0v) is 10.6. The van der Waals surface area contributed by atoms with Gasteiger partial charge in [0, 0.05) is 11.8 Å². The van der Waals surface area contributed by atoms with Gasteiger partial charge in [0.1, 0.15) is 11.5 Å². The van der Waals surface area contributed by atoms with E-state index in [1.807, 2.05) is 6.08 Å².